The number of fused-ring (bicyclic) bond motifs is 1. The molecule has 25 heavy (non-hydrogen) atoms. The van der Waals surface area contributed by atoms with Crippen molar-refractivity contribution in [2.45, 2.75) is 26.5 Å². The van der Waals surface area contributed by atoms with E-state index >= 15 is 0 Å². The number of aromatic nitrogens is 2. The van der Waals surface area contributed by atoms with E-state index in [-0.39, 0.29) is 6.10 Å². The molecule has 1 atom stereocenters. The van der Waals surface area contributed by atoms with Crippen LogP contribution >= 0.6 is 0 Å². The molecule has 4 rings (SSSR count). The Labute approximate surface area is 147 Å². The summed E-state index contributed by atoms with van der Waals surface area (Å²) in [5, 5.41) is 0. The first kappa shape index (κ1) is 16.3. The van der Waals surface area contributed by atoms with E-state index in [4.69, 9.17) is 14.2 Å². The number of aryl methyl sites for hydroxylation is 2. The van der Waals surface area contributed by atoms with Crippen LogP contribution in [-0.4, -0.2) is 47.8 Å². The van der Waals surface area contributed by atoms with Crippen LogP contribution in [0.1, 0.15) is 28.9 Å². The monoisotopic (exact) mass is 341 g/mol. The number of morpholine rings is 1. The highest BCUT2D eigenvalue weighted by Gasteiger charge is 2.25. The second kappa shape index (κ2) is 6.98. The van der Waals surface area contributed by atoms with Gasteiger partial charge in [-0.1, -0.05) is 6.07 Å². The summed E-state index contributed by atoms with van der Waals surface area (Å²) in [6.45, 7) is 8.44. The second-order valence-electron chi connectivity index (χ2n) is 6.58. The van der Waals surface area contributed by atoms with Crippen molar-refractivity contribution in [1.29, 1.82) is 0 Å². The average Bonchev–Trinajstić information content (AvgIpc) is 2.61. The van der Waals surface area contributed by atoms with Crippen molar-refractivity contribution in [1.82, 2.24) is 14.9 Å². The minimum absolute atomic E-state index is 0.0791. The molecule has 0 N–H and O–H groups in total. The van der Waals surface area contributed by atoms with E-state index in [2.05, 4.69) is 27.0 Å². The maximum absolute atomic E-state index is 5.92. The van der Waals surface area contributed by atoms with Crippen LogP contribution in [0.4, 0.5) is 0 Å². The van der Waals surface area contributed by atoms with Crippen LogP contribution in [0.3, 0.4) is 0 Å². The number of hydrogen-bond donors (Lipinski definition) is 0. The average molecular weight is 341 g/mol. The van der Waals surface area contributed by atoms with Crippen LogP contribution in [0, 0.1) is 13.8 Å². The van der Waals surface area contributed by atoms with Crippen LogP contribution < -0.4 is 9.47 Å². The first-order chi connectivity index (χ1) is 12.2. The molecule has 0 unspecified atom stereocenters. The molecule has 1 aromatic carbocycles. The molecule has 2 aliphatic rings. The Hall–Kier alpha value is -2.18. The molecular weight excluding hydrogens is 318 g/mol. The van der Waals surface area contributed by atoms with Crippen molar-refractivity contribution in [3.8, 4) is 11.5 Å². The van der Waals surface area contributed by atoms with Crippen molar-refractivity contribution in [2.75, 3.05) is 32.9 Å². The van der Waals surface area contributed by atoms with Gasteiger partial charge in [0.05, 0.1) is 6.61 Å². The molecule has 1 fully saturated rings. The third-order valence-corrected chi connectivity index (χ3v) is 4.45. The lowest BCUT2D eigenvalue weighted by Crippen LogP contribution is -2.38. The zero-order valence-electron chi connectivity index (χ0n) is 14.7. The molecule has 0 amide bonds. The summed E-state index contributed by atoms with van der Waals surface area (Å²) in [5.41, 5.74) is 3.18. The molecule has 6 heteroatoms. The predicted octanol–water partition coefficient (Wildman–Crippen LogP) is 2.44. The second-order valence-corrected chi connectivity index (χ2v) is 6.58. The maximum Gasteiger partial charge on any atom is 0.161 e. The number of benzene rings is 1. The summed E-state index contributed by atoms with van der Waals surface area (Å²) in [7, 11) is 0. The SMILES string of the molecule is Cc1cc(C)nc([C@H]2CN(Cc3ccc4c(c3)OCCO4)CCO2)n1. The highest BCUT2D eigenvalue weighted by Crippen LogP contribution is 2.31. The van der Waals surface area contributed by atoms with Gasteiger partial charge in [-0.25, -0.2) is 9.97 Å². The van der Waals surface area contributed by atoms with E-state index in [0.29, 0.717) is 19.8 Å². The number of nitrogens with zero attached hydrogens (tertiary/aromatic N) is 3. The predicted molar refractivity (Wildman–Crippen MR) is 92.9 cm³/mol. The Morgan fingerprint density at radius 2 is 1.76 bits per heavy atom. The summed E-state index contributed by atoms with van der Waals surface area (Å²) in [6, 6.07) is 8.16. The van der Waals surface area contributed by atoms with E-state index in [9.17, 15) is 0 Å². The third kappa shape index (κ3) is 3.75. The van der Waals surface area contributed by atoms with Gasteiger partial charge in [-0.15, -0.1) is 0 Å². The van der Waals surface area contributed by atoms with Gasteiger partial charge < -0.3 is 14.2 Å². The number of hydrogen-bond acceptors (Lipinski definition) is 6. The summed E-state index contributed by atoms with van der Waals surface area (Å²) in [5.74, 6) is 2.45. The molecule has 0 spiro atoms. The Balaban J connectivity index is 1.46. The maximum atomic E-state index is 5.92. The van der Waals surface area contributed by atoms with Gasteiger partial charge in [0.25, 0.3) is 0 Å². The minimum Gasteiger partial charge on any atom is -0.486 e. The first-order valence-corrected chi connectivity index (χ1v) is 8.72. The molecule has 1 saturated heterocycles. The van der Waals surface area contributed by atoms with Crippen molar-refractivity contribution >= 4 is 0 Å². The van der Waals surface area contributed by atoms with Gasteiger partial charge in [0.15, 0.2) is 17.3 Å². The van der Waals surface area contributed by atoms with Crippen LogP contribution in [0.5, 0.6) is 11.5 Å². The minimum atomic E-state index is -0.0791. The van der Waals surface area contributed by atoms with Crippen molar-refractivity contribution in [3.05, 3.63) is 47.0 Å². The standard InChI is InChI=1S/C19H23N3O3/c1-13-9-14(2)21-19(20-13)18-12-22(5-6-23-18)11-15-3-4-16-17(10-15)25-8-7-24-16/h3-4,9-10,18H,5-8,11-12H2,1-2H3/t18-/m1/s1. The lowest BCUT2D eigenvalue weighted by molar-refractivity contribution is -0.0373. The number of rotatable bonds is 3. The summed E-state index contributed by atoms with van der Waals surface area (Å²) >= 11 is 0. The van der Waals surface area contributed by atoms with Crippen LogP contribution in [0.15, 0.2) is 24.3 Å². The highest BCUT2D eigenvalue weighted by molar-refractivity contribution is 5.43. The largest absolute Gasteiger partial charge is 0.486 e. The van der Waals surface area contributed by atoms with Crippen LogP contribution in [-0.2, 0) is 11.3 Å². The van der Waals surface area contributed by atoms with Gasteiger partial charge in [-0.05, 0) is 37.6 Å². The van der Waals surface area contributed by atoms with E-state index in [1.54, 1.807) is 0 Å². The smallest absolute Gasteiger partial charge is 0.161 e. The highest BCUT2D eigenvalue weighted by atomic mass is 16.6. The zero-order valence-corrected chi connectivity index (χ0v) is 14.7. The normalized spacial score (nSPS) is 20.5. The summed E-state index contributed by atoms with van der Waals surface area (Å²) in [6.07, 6.45) is -0.0791. The van der Waals surface area contributed by atoms with E-state index in [0.717, 1.165) is 48.3 Å². The molecule has 3 heterocycles. The Kier molecular flexibility index (Phi) is 4.55. The van der Waals surface area contributed by atoms with Gasteiger partial charge in [0.2, 0.25) is 0 Å². The van der Waals surface area contributed by atoms with Gasteiger partial charge >= 0.3 is 0 Å². The van der Waals surface area contributed by atoms with Crippen molar-refractivity contribution < 1.29 is 14.2 Å². The van der Waals surface area contributed by atoms with Gasteiger partial charge in [0.1, 0.15) is 19.3 Å². The fourth-order valence-electron chi connectivity index (χ4n) is 3.34. The van der Waals surface area contributed by atoms with Gasteiger partial charge in [-0.2, -0.15) is 0 Å². The van der Waals surface area contributed by atoms with Gasteiger partial charge in [-0.3, -0.25) is 4.90 Å². The topological polar surface area (TPSA) is 56.7 Å². The summed E-state index contributed by atoms with van der Waals surface area (Å²) < 4.78 is 17.2. The molecule has 2 aromatic rings. The molecule has 2 aliphatic heterocycles. The van der Waals surface area contributed by atoms with E-state index in [1.165, 1.54) is 5.56 Å². The fraction of sp³-hybridized carbons (Fsp3) is 0.474. The fourth-order valence-corrected chi connectivity index (χ4v) is 3.34. The van der Waals surface area contributed by atoms with Crippen molar-refractivity contribution in [2.24, 2.45) is 0 Å². The van der Waals surface area contributed by atoms with Crippen molar-refractivity contribution in [3.63, 3.8) is 0 Å². The third-order valence-electron chi connectivity index (χ3n) is 4.45. The molecule has 1 aromatic heterocycles. The summed E-state index contributed by atoms with van der Waals surface area (Å²) in [4.78, 5) is 11.5. The molecule has 0 aliphatic carbocycles. The van der Waals surface area contributed by atoms with E-state index < -0.39 is 0 Å². The number of ether oxygens (including phenoxy) is 3. The lowest BCUT2D eigenvalue weighted by atomic mass is 10.1. The lowest BCUT2D eigenvalue weighted by Gasteiger charge is -2.32. The Morgan fingerprint density at radius 3 is 2.56 bits per heavy atom. The molecule has 0 saturated carbocycles. The van der Waals surface area contributed by atoms with Crippen LogP contribution in [0.25, 0.3) is 0 Å². The Morgan fingerprint density at radius 1 is 1.00 bits per heavy atom. The quantitative estimate of drug-likeness (QED) is 0.855. The van der Waals surface area contributed by atoms with E-state index in [1.807, 2.05) is 26.0 Å². The molecule has 132 valence electrons. The molecule has 0 bridgehead atoms. The first-order valence-electron chi connectivity index (χ1n) is 8.72. The molecule has 0 radical (unpaired) electrons. The van der Waals surface area contributed by atoms with Crippen LogP contribution in [0.2, 0.25) is 0 Å². The zero-order chi connectivity index (χ0) is 17.2. The molecule has 6 nitrogen and oxygen atoms in total. The molecular formula is C19H23N3O3. The Bertz CT molecular complexity index is 745. The van der Waals surface area contributed by atoms with Gasteiger partial charge in [0, 0.05) is 31.0 Å².